The molecule has 148 valence electrons. The summed E-state index contributed by atoms with van der Waals surface area (Å²) >= 11 is 0. The van der Waals surface area contributed by atoms with Gasteiger partial charge in [-0.1, -0.05) is 17.7 Å². The van der Waals surface area contributed by atoms with Crippen LogP contribution in [0.1, 0.15) is 21.8 Å². The van der Waals surface area contributed by atoms with E-state index in [-0.39, 0.29) is 23.9 Å². The normalized spacial score (nSPS) is 10.6. The van der Waals surface area contributed by atoms with Gasteiger partial charge in [-0.15, -0.1) is 10.2 Å². The summed E-state index contributed by atoms with van der Waals surface area (Å²) < 4.78 is 5.56. The number of carbonyl (C=O) groups excluding carboxylic acids is 1. The number of non-ortho nitro benzene ring substituents is 1. The smallest absolute Gasteiger partial charge is 0.289 e. The summed E-state index contributed by atoms with van der Waals surface area (Å²) in [6.45, 7) is 1.85. The molecule has 0 fully saturated rings. The third kappa shape index (κ3) is 4.24. The van der Waals surface area contributed by atoms with Gasteiger partial charge in [0.1, 0.15) is 5.56 Å². The van der Waals surface area contributed by atoms with E-state index in [1.165, 1.54) is 7.05 Å². The first-order valence-electron chi connectivity index (χ1n) is 8.34. The predicted octanol–water partition coefficient (Wildman–Crippen LogP) is 3.13. The second-order valence-corrected chi connectivity index (χ2v) is 6.24. The fraction of sp³-hybridized carbons (Fsp3) is 0.167. The predicted molar refractivity (Wildman–Crippen MR) is 100 cm³/mol. The van der Waals surface area contributed by atoms with E-state index in [1.54, 1.807) is 0 Å². The molecule has 0 atom stereocenters. The van der Waals surface area contributed by atoms with E-state index >= 15 is 0 Å². The molecule has 0 spiro atoms. The number of benzene rings is 2. The molecule has 0 aliphatic rings. The second-order valence-electron chi connectivity index (χ2n) is 6.24. The lowest BCUT2D eigenvalue weighted by atomic mass is 10.1. The standard InChI is InChI=1S/C18H15N5O6/c1-11-3-5-12(6-4-11)17-20-19-16(29-17)10-21(2)18(24)14-8-7-13(22(25)26)9-15(14)23(27)28/h3-9H,10H2,1-2H3. The summed E-state index contributed by atoms with van der Waals surface area (Å²) in [6, 6.07) is 10.3. The van der Waals surface area contributed by atoms with E-state index in [0.29, 0.717) is 5.56 Å². The summed E-state index contributed by atoms with van der Waals surface area (Å²) in [7, 11) is 1.41. The van der Waals surface area contributed by atoms with Crippen LogP contribution in [0, 0.1) is 27.2 Å². The Bertz CT molecular complexity index is 1090. The van der Waals surface area contributed by atoms with Crippen LogP contribution >= 0.6 is 0 Å². The summed E-state index contributed by atoms with van der Waals surface area (Å²) in [5.74, 6) is -0.287. The fourth-order valence-corrected chi connectivity index (χ4v) is 2.58. The minimum absolute atomic E-state index is 0.0914. The molecule has 0 unspecified atom stereocenters. The molecule has 11 nitrogen and oxygen atoms in total. The number of nitro groups is 2. The molecule has 3 aromatic rings. The van der Waals surface area contributed by atoms with Crippen LogP contribution in [-0.4, -0.2) is 37.9 Å². The third-order valence-corrected chi connectivity index (χ3v) is 4.10. The van der Waals surface area contributed by atoms with Crippen LogP contribution in [-0.2, 0) is 6.54 Å². The van der Waals surface area contributed by atoms with E-state index in [9.17, 15) is 25.0 Å². The van der Waals surface area contributed by atoms with Gasteiger partial charge in [-0.2, -0.15) is 0 Å². The Morgan fingerprint density at radius 3 is 2.38 bits per heavy atom. The van der Waals surface area contributed by atoms with Crippen molar-refractivity contribution in [1.29, 1.82) is 0 Å². The van der Waals surface area contributed by atoms with Gasteiger partial charge >= 0.3 is 0 Å². The first-order chi connectivity index (χ1) is 13.8. The molecule has 0 aliphatic heterocycles. The molecule has 3 rings (SSSR count). The number of amides is 1. The lowest BCUT2D eigenvalue weighted by molar-refractivity contribution is -0.394. The van der Waals surface area contributed by atoms with Gasteiger partial charge < -0.3 is 9.32 Å². The summed E-state index contributed by atoms with van der Waals surface area (Å²) in [5, 5.41) is 29.9. The molecule has 0 bridgehead atoms. The van der Waals surface area contributed by atoms with Gasteiger partial charge in [0, 0.05) is 18.7 Å². The fourth-order valence-electron chi connectivity index (χ4n) is 2.58. The Morgan fingerprint density at radius 2 is 1.76 bits per heavy atom. The molecule has 0 radical (unpaired) electrons. The molecule has 11 heteroatoms. The highest BCUT2D eigenvalue weighted by Gasteiger charge is 2.27. The maximum atomic E-state index is 12.6. The lowest BCUT2D eigenvalue weighted by Crippen LogP contribution is -2.27. The minimum Gasteiger partial charge on any atom is -0.419 e. The Labute approximate surface area is 163 Å². The van der Waals surface area contributed by atoms with Gasteiger partial charge in [-0.25, -0.2) is 0 Å². The lowest BCUT2D eigenvalue weighted by Gasteiger charge is -2.14. The van der Waals surface area contributed by atoms with Crippen molar-refractivity contribution in [3.63, 3.8) is 0 Å². The molecule has 1 amide bonds. The molecule has 2 aromatic carbocycles. The van der Waals surface area contributed by atoms with Crippen molar-refractivity contribution < 1.29 is 19.1 Å². The van der Waals surface area contributed by atoms with Crippen LogP contribution in [0.3, 0.4) is 0 Å². The summed E-state index contributed by atoms with van der Waals surface area (Å²) in [4.78, 5) is 34.2. The maximum absolute atomic E-state index is 12.6. The van der Waals surface area contributed by atoms with Crippen LogP contribution < -0.4 is 0 Å². The Hall–Kier alpha value is -4.15. The third-order valence-electron chi connectivity index (χ3n) is 4.10. The average Bonchev–Trinajstić information content (AvgIpc) is 3.15. The van der Waals surface area contributed by atoms with Crippen molar-refractivity contribution >= 4 is 17.3 Å². The highest BCUT2D eigenvalue weighted by atomic mass is 16.6. The largest absolute Gasteiger partial charge is 0.419 e. The molecule has 1 heterocycles. The zero-order chi connectivity index (χ0) is 21.1. The maximum Gasteiger partial charge on any atom is 0.289 e. The Morgan fingerprint density at radius 1 is 1.07 bits per heavy atom. The Balaban J connectivity index is 1.80. The van der Waals surface area contributed by atoms with Crippen molar-refractivity contribution in [2.45, 2.75) is 13.5 Å². The molecule has 0 N–H and O–H groups in total. The number of rotatable bonds is 6. The van der Waals surface area contributed by atoms with E-state index in [1.807, 2.05) is 31.2 Å². The van der Waals surface area contributed by atoms with Crippen LogP contribution in [0.4, 0.5) is 11.4 Å². The SMILES string of the molecule is Cc1ccc(-c2nnc(CN(C)C(=O)c3ccc([N+](=O)[O-])cc3[N+](=O)[O-])o2)cc1. The van der Waals surface area contributed by atoms with E-state index in [4.69, 9.17) is 4.42 Å². The summed E-state index contributed by atoms with van der Waals surface area (Å²) in [6.07, 6.45) is 0. The molecular formula is C18H15N5O6. The number of nitrogens with zero attached hydrogens (tertiary/aromatic N) is 5. The van der Waals surface area contributed by atoms with Crippen LogP contribution in [0.25, 0.3) is 11.5 Å². The first kappa shape index (κ1) is 19.6. The van der Waals surface area contributed by atoms with Crippen molar-refractivity contribution in [2.24, 2.45) is 0 Å². The molecular weight excluding hydrogens is 382 g/mol. The average molecular weight is 397 g/mol. The second kappa shape index (κ2) is 7.84. The molecule has 29 heavy (non-hydrogen) atoms. The quantitative estimate of drug-likeness (QED) is 0.455. The monoisotopic (exact) mass is 397 g/mol. The number of hydrogen-bond acceptors (Lipinski definition) is 8. The summed E-state index contributed by atoms with van der Waals surface area (Å²) in [5.41, 5.74) is 0.386. The zero-order valence-corrected chi connectivity index (χ0v) is 15.4. The van der Waals surface area contributed by atoms with Gasteiger partial charge in [0.15, 0.2) is 0 Å². The van der Waals surface area contributed by atoms with Crippen molar-refractivity contribution in [3.05, 3.63) is 79.7 Å². The van der Waals surface area contributed by atoms with Gasteiger partial charge in [0.2, 0.25) is 11.8 Å². The number of carbonyl (C=O) groups is 1. The van der Waals surface area contributed by atoms with Crippen molar-refractivity contribution in [3.8, 4) is 11.5 Å². The van der Waals surface area contributed by atoms with E-state index in [2.05, 4.69) is 10.2 Å². The molecule has 0 saturated heterocycles. The van der Waals surface area contributed by atoms with Crippen LogP contribution in [0.15, 0.2) is 46.9 Å². The zero-order valence-electron chi connectivity index (χ0n) is 15.4. The number of nitro benzene ring substituents is 2. The van der Waals surface area contributed by atoms with Gasteiger partial charge in [0.05, 0.1) is 22.5 Å². The highest BCUT2D eigenvalue weighted by molar-refractivity contribution is 5.98. The van der Waals surface area contributed by atoms with E-state index < -0.39 is 27.1 Å². The molecule has 1 aromatic heterocycles. The van der Waals surface area contributed by atoms with Gasteiger partial charge in [0.25, 0.3) is 17.3 Å². The highest BCUT2D eigenvalue weighted by Crippen LogP contribution is 2.26. The van der Waals surface area contributed by atoms with Crippen LogP contribution in [0.5, 0.6) is 0 Å². The van der Waals surface area contributed by atoms with Crippen molar-refractivity contribution in [2.75, 3.05) is 7.05 Å². The number of hydrogen-bond donors (Lipinski definition) is 0. The van der Waals surface area contributed by atoms with Gasteiger partial charge in [-0.05, 0) is 25.1 Å². The number of aryl methyl sites for hydroxylation is 1. The first-order valence-corrected chi connectivity index (χ1v) is 8.34. The topological polar surface area (TPSA) is 146 Å². The number of aromatic nitrogens is 2. The van der Waals surface area contributed by atoms with Gasteiger partial charge in [-0.3, -0.25) is 25.0 Å². The molecule has 0 aliphatic carbocycles. The van der Waals surface area contributed by atoms with Crippen molar-refractivity contribution in [1.82, 2.24) is 15.1 Å². The van der Waals surface area contributed by atoms with Crippen LogP contribution in [0.2, 0.25) is 0 Å². The molecule has 0 saturated carbocycles. The minimum atomic E-state index is -0.837. The Kier molecular flexibility index (Phi) is 5.30. The van der Waals surface area contributed by atoms with E-state index in [0.717, 1.165) is 28.7 Å².